The molecule has 0 radical (unpaired) electrons. The lowest BCUT2D eigenvalue weighted by Gasteiger charge is -2.09. The van der Waals surface area contributed by atoms with Crippen LogP contribution in [0.2, 0.25) is 0 Å². The Kier molecular flexibility index (Phi) is 3.70. The molecule has 0 aromatic heterocycles. The SMILES string of the molecule is Cc1cc(C)cc(C(=NO)c2cc(C)cc(C)c2)c1. The topological polar surface area (TPSA) is 32.6 Å². The van der Waals surface area contributed by atoms with E-state index in [-0.39, 0.29) is 0 Å². The first-order valence-corrected chi connectivity index (χ1v) is 6.39. The number of benzene rings is 2. The maximum atomic E-state index is 9.38. The monoisotopic (exact) mass is 253 g/mol. The minimum Gasteiger partial charge on any atom is -0.410 e. The molecule has 2 aromatic carbocycles. The lowest BCUT2D eigenvalue weighted by molar-refractivity contribution is 0.319. The third-order valence-electron chi connectivity index (χ3n) is 3.09. The normalized spacial score (nSPS) is 10.3. The van der Waals surface area contributed by atoms with E-state index in [4.69, 9.17) is 0 Å². The molecule has 0 fully saturated rings. The van der Waals surface area contributed by atoms with E-state index in [1.54, 1.807) is 0 Å². The average molecular weight is 253 g/mol. The fourth-order valence-corrected chi connectivity index (χ4v) is 2.50. The van der Waals surface area contributed by atoms with Gasteiger partial charge < -0.3 is 5.21 Å². The van der Waals surface area contributed by atoms with Gasteiger partial charge in [-0.15, -0.1) is 0 Å². The molecule has 2 heteroatoms. The van der Waals surface area contributed by atoms with E-state index in [0.717, 1.165) is 11.1 Å². The lowest BCUT2D eigenvalue weighted by atomic mass is 9.96. The van der Waals surface area contributed by atoms with Gasteiger partial charge in [-0.1, -0.05) is 39.5 Å². The van der Waals surface area contributed by atoms with Crippen molar-refractivity contribution in [1.29, 1.82) is 0 Å². The maximum Gasteiger partial charge on any atom is 0.117 e. The third kappa shape index (κ3) is 3.02. The molecule has 19 heavy (non-hydrogen) atoms. The smallest absolute Gasteiger partial charge is 0.117 e. The summed E-state index contributed by atoms with van der Waals surface area (Å²) in [6.07, 6.45) is 0. The summed E-state index contributed by atoms with van der Waals surface area (Å²) in [6.45, 7) is 8.19. The van der Waals surface area contributed by atoms with Gasteiger partial charge in [-0.25, -0.2) is 0 Å². The van der Waals surface area contributed by atoms with Crippen molar-refractivity contribution in [1.82, 2.24) is 0 Å². The zero-order chi connectivity index (χ0) is 14.0. The van der Waals surface area contributed by atoms with E-state index >= 15 is 0 Å². The van der Waals surface area contributed by atoms with Crippen LogP contribution < -0.4 is 0 Å². The van der Waals surface area contributed by atoms with Crippen molar-refractivity contribution in [2.75, 3.05) is 0 Å². The Morgan fingerprint density at radius 2 is 1.00 bits per heavy atom. The molecule has 0 aliphatic carbocycles. The van der Waals surface area contributed by atoms with E-state index in [0.29, 0.717) is 5.71 Å². The second kappa shape index (κ2) is 5.27. The van der Waals surface area contributed by atoms with Crippen LogP contribution in [0.25, 0.3) is 0 Å². The summed E-state index contributed by atoms with van der Waals surface area (Å²) in [5, 5.41) is 12.9. The van der Waals surface area contributed by atoms with E-state index in [9.17, 15) is 5.21 Å². The number of hydrogen-bond donors (Lipinski definition) is 1. The molecule has 1 N–H and O–H groups in total. The predicted octanol–water partition coefficient (Wildman–Crippen LogP) is 4.15. The van der Waals surface area contributed by atoms with Crippen LogP contribution in [-0.2, 0) is 0 Å². The minimum absolute atomic E-state index is 0.624. The molecule has 0 amide bonds. The number of oxime groups is 1. The quantitative estimate of drug-likeness (QED) is 0.487. The van der Waals surface area contributed by atoms with Gasteiger partial charge in [0.2, 0.25) is 0 Å². The lowest BCUT2D eigenvalue weighted by Crippen LogP contribution is -2.05. The molecule has 0 unspecified atom stereocenters. The molecule has 2 nitrogen and oxygen atoms in total. The Hall–Kier alpha value is -2.09. The van der Waals surface area contributed by atoms with Gasteiger partial charge in [0.15, 0.2) is 0 Å². The molecule has 98 valence electrons. The first kappa shape index (κ1) is 13.3. The number of aryl methyl sites for hydroxylation is 4. The maximum absolute atomic E-state index is 9.38. The molecule has 0 heterocycles. The summed E-state index contributed by atoms with van der Waals surface area (Å²) in [6, 6.07) is 12.4. The van der Waals surface area contributed by atoms with Crippen LogP contribution in [0, 0.1) is 27.7 Å². The molecule has 0 spiro atoms. The zero-order valence-electron chi connectivity index (χ0n) is 11.9. The van der Waals surface area contributed by atoms with Gasteiger partial charge in [0.25, 0.3) is 0 Å². The molecule has 0 saturated heterocycles. The highest BCUT2D eigenvalue weighted by Crippen LogP contribution is 2.17. The Bertz CT molecular complexity index is 548. The molecular weight excluding hydrogens is 234 g/mol. The van der Waals surface area contributed by atoms with Crippen LogP contribution in [-0.4, -0.2) is 10.9 Å². The Balaban J connectivity index is 2.56. The van der Waals surface area contributed by atoms with Crippen molar-refractivity contribution in [2.24, 2.45) is 5.16 Å². The second-order valence-electron chi connectivity index (χ2n) is 5.20. The van der Waals surface area contributed by atoms with E-state index in [1.165, 1.54) is 22.3 Å². The van der Waals surface area contributed by atoms with Crippen molar-refractivity contribution in [2.45, 2.75) is 27.7 Å². The Morgan fingerprint density at radius 3 is 1.26 bits per heavy atom. The fraction of sp³-hybridized carbons (Fsp3) is 0.235. The third-order valence-corrected chi connectivity index (χ3v) is 3.09. The van der Waals surface area contributed by atoms with Crippen LogP contribution in [0.4, 0.5) is 0 Å². The number of nitrogens with zero attached hydrogens (tertiary/aromatic N) is 1. The summed E-state index contributed by atoms with van der Waals surface area (Å²) in [5.41, 5.74) is 7.19. The van der Waals surface area contributed by atoms with E-state index < -0.39 is 0 Å². The molecule has 0 bridgehead atoms. The first-order valence-electron chi connectivity index (χ1n) is 6.39. The van der Waals surface area contributed by atoms with Gasteiger partial charge in [0.1, 0.15) is 5.71 Å². The second-order valence-corrected chi connectivity index (χ2v) is 5.20. The highest BCUT2D eigenvalue weighted by molar-refractivity contribution is 6.12. The molecular formula is C17H19NO. The molecule has 2 rings (SSSR count). The Morgan fingerprint density at radius 1 is 0.684 bits per heavy atom. The molecule has 0 aliphatic rings. The van der Waals surface area contributed by atoms with Crippen molar-refractivity contribution < 1.29 is 5.21 Å². The number of rotatable bonds is 2. The van der Waals surface area contributed by atoms with Gasteiger partial charge in [0.05, 0.1) is 0 Å². The van der Waals surface area contributed by atoms with E-state index in [1.807, 2.05) is 52.0 Å². The average Bonchev–Trinajstić information content (AvgIpc) is 2.27. The van der Waals surface area contributed by atoms with Gasteiger partial charge in [-0.3, -0.25) is 0 Å². The largest absolute Gasteiger partial charge is 0.410 e. The fourth-order valence-electron chi connectivity index (χ4n) is 2.50. The van der Waals surface area contributed by atoms with Crippen molar-refractivity contribution in [3.8, 4) is 0 Å². The van der Waals surface area contributed by atoms with Crippen molar-refractivity contribution >= 4 is 5.71 Å². The summed E-state index contributed by atoms with van der Waals surface area (Å²) in [7, 11) is 0. The Labute approximate surface area is 114 Å². The van der Waals surface area contributed by atoms with Crippen LogP contribution in [0.1, 0.15) is 33.4 Å². The van der Waals surface area contributed by atoms with Crippen LogP contribution in [0.3, 0.4) is 0 Å². The van der Waals surface area contributed by atoms with Crippen molar-refractivity contribution in [3.63, 3.8) is 0 Å². The van der Waals surface area contributed by atoms with Gasteiger partial charge in [-0.05, 0) is 52.0 Å². The van der Waals surface area contributed by atoms with Crippen LogP contribution in [0.5, 0.6) is 0 Å². The first-order chi connectivity index (χ1) is 8.99. The van der Waals surface area contributed by atoms with E-state index in [2.05, 4.69) is 17.3 Å². The highest BCUT2D eigenvalue weighted by Gasteiger charge is 2.10. The minimum atomic E-state index is 0.624. The highest BCUT2D eigenvalue weighted by atomic mass is 16.4. The van der Waals surface area contributed by atoms with Crippen molar-refractivity contribution in [3.05, 3.63) is 69.8 Å². The summed E-state index contributed by atoms with van der Waals surface area (Å²) in [5.74, 6) is 0. The van der Waals surface area contributed by atoms with Crippen LogP contribution >= 0.6 is 0 Å². The van der Waals surface area contributed by atoms with Gasteiger partial charge in [0, 0.05) is 11.1 Å². The van der Waals surface area contributed by atoms with Crippen LogP contribution in [0.15, 0.2) is 41.6 Å². The molecule has 2 aromatic rings. The zero-order valence-corrected chi connectivity index (χ0v) is 11.9. The summed E-state index contributed by atoms with van der Waals surface area (Å²) < 4.78 is 0. The molecule has 0 atom stereocenters. The number of hydrogen-bond acceptors (Lipinski definition) is 2. The molecule has 0 aliphatic heterocycles. The summed E-state index contributed by atoms with van der Waals surface area (Å²) >= 11 is 0. The molecule has 0 saturated carbocycles. The van der Waals surface area contributed by atoms with Gasteiger partial charge in [-0.2, -0.15) is 0 Å². The summed E-state index contributed by atoms with van der Waals surface area (Å²) in [4.78, 5) is 0. The predicted molar refractivity (Wildman–Crippen MR) is 79.3 cm³/mol. The standard InChI is InChI=1S/C17H19NO/c1-11-5-12(2)8-15(7-11)17(18-19)16-9-13(3)6-14(4)10-16/h5-10,19H,1-4H3. The van der Waals surface area contributed by atoms with Gasteiger partial charge >= 0.3 is 0 Å².